The van der Waals surface area contributed by atoms with Crippen LogP contribution in [0.25, 0.3) is 0 Å². The van der Waals surface area contributed by atoms with Crippen LogP contribution in [0.3, 0.4) is 0 Å². The number of rotatable bonds is 3. The number of hydrogen-bond acceptors (Lipinski definition) is 1. The van der Waals surface area contributed by atoms with E-state index in [0.717, 1.165) is 12.3 Å². The normalized spacial score (nSPS) is 34.1. The Morgan fingerprint density at radius 1 is 1.21 bits per heavy atom. The van der Waals surface area contributed by atoms with Crippen molar-refractivity contribution in [3.05, 3.63) is 0 Å². The number of aliphatic hydroxyl groups is 1. The second kappa shape index (κ2) is 3.23. The van der Waals surface area contributed by atoms with Crippen LogP contribution >= 0.6 is 0 Å². The maximum Gasteiger partial charge on any atom is 0.0597 e. The fourth-order valence-electron chi connectivity index (χ4n) is 3.33. The van der Waals surface area contributed by atoms with E-state index in [1.54, 1.807) is 0 Å². The summed E-state index contributed by atoms with van der Waals surface area (Å²) in [4.78, 5) is 0. The quantitative estimate of drug-likeness (QED) is 0.734. The highest BCUT2D eigenvalue weighted by Crippen LogP contribution is 2.58. The van der Waals surface area contributed by atoms with Gasteiger partial charge in [0.05, 0.1) is 5.60 Å². The van der Waals surface area contributed by atoms with Crippen LogP contribution in [0, 0.1) is 16.7 Å². The van der Waals surface area contributed by atoms with Crippen LogP contribution in [0.1, 0.15) is 60.8 Å². The molecule has 0 radical (unpaired) electrons. The van der Waals surface area contributed by atoms with Crippen molar-refractivity contribution >= 4 is 0 Å². The summed E-state index contributed by atoms with van der Waals surface area (Å²) in [6.07, 6.45) is 3.52. The summed E-state index contributed by atoms with van der Waals surface area (Å²) >= 11 is 0. The second-order valence-corrected chi connectivity index (χ2v) is 6.95. The molecule has 14 heavy (non-hydrogen) atoms. The van der Waals surface area contributed by atoms with Gasteiger partial charge < -0.3 is 5.11 Å². The van der Waals surface area contributed by atoms with Crippen molar-refractivity contribution in [1.29, 1.82) is 0 Å². The summed E-state index contributed by atoms with van der Waals surface area (Å²) in [6.45, 7) is 13.1. The first-order chi connectivity index (χ1) is 6.06. The van der Waals surface area contributed by atoms with E-state index in [1.165, 1.54) is 12.8 Å². The Balaban J connectivity index is 2.66. The molecule has 0 aromatic rings. The van der Waals surface area contributed by atoms with E-state index >= 15 is 0 Å². The summed E-state index contributed by atoms with van der Waals surface area (Å²) in [6, 6.07) is 0. The van der Waals surface area contributed by atoms with Crippen molar-refractivity contribution < 1.29 is 5.11 Å². The van der Waals surface area contributed by atoms with Gasteiger partial charge in [0.2, 0.25) is 0 Å². The molecule has 1 aliphatic carbocycles. The summed E-state index contributed by atoms with van der Waals surface area (Å²) < 4.78 is 0. The van der Waals surface area contributed by atoms with Crippen LogP contribution in [0.4, 0.5) is 0 Å². The Kier molecular flexibility index (Phi) is 2.78. The zero-order valence-electron chi connectivity index (χ0n) is 10.6. The average molecular weight is 198 g/mol. The maximum atomic E-state index is 9.90. The van der Waals surface area contributed by atoms with Crippen LogP contribution in [0.5, 0.6) is 0 Å². The van der Waals surface area contributed by atoms with Crippen LogP contribution in [-0.4, -0.2) is 10.7 Å². The fourth-order valence-corrected chi connectivity index (χ4v) is 3.33. The molecule has 0 spiro atoms. The molecule has 1 nitrogen and oxygen atoms in total. The van der Waals surface area contributed by atoms with Crippen LogP contribution < -0.4 is 0 Å². The maximum absolute atomic E-state index is 9.90. The first kappa shape index (κ1) is 12.0. The minimum atomic E-state index is -0.536. The molecular formula is C13H26O. The van der Waals surface area contributed by atoms with Crippen LogP contribution in [-0.2, 0) is 0 Å². The molecule has 1 aliphatic rings. The molecule has 0 aliphatic heterocycles. The van der Waals surface area contributed by atoms with E-state index in [9.17, 15) is 5.11 Å². The van der Waals surface area contributed by atoms with E-state index in [1.807, 2.05) is 13.8 Å². The fraction of sp³-hybridized carbons (Fsp3) is 1.00. The Bertz CT molecular complexity index is 204. The highest BCUT2D eigenvalue weighted by Gasteiger charge is 2.49. The minimum absolute atomic E-state index is 0.248. The molecule has 1 heteroatoms. The molecule has 0 aromatic heterocycles. The summed E-state index contributed by atoms with van der Waals surface area (Å²) in [5, 5.41) is 9.90. The summed E-state index contributed by atoms with van der Waals surface area (Å²) in [5.41, 5.74) is 0.148. The predicted molar refractivity (Wildman–Crippen MR) is 61.2 cm³/mol. The Labute approximate surface area is 88.9 Å². The highest BCUT2D eigenvalue weighted by molar-refractivity contribution is 5.00. The smallest absolute Gasteiger partial charge is 0.0597 e. The molecule has 0 heterocycles. The van der Waals surface area contributed by atoms with Gasteiger partial charge in [0.25, 0.3) is 0 Å². The molecular weight excluding hydrogens is 172 g/mol. The van der Waals surface area contributed by atoms with E-state index in [-0.39, 0.29) is 5.41 Å². The molecule has 0 atom stereocenters. The number of hydrogen-bond donors (Lipinski definition) is 1. The predicted octanol–water partition coefficient (Wildman–Crippen LogP) is 3.61. The minimum Gasteiger partial charge on any atom is -0.390 e. The zero-order chi connectivity index (χ0) is 11.2. The molecule has 84 valence electrons. The third-order valence-electron chi connectivity index (χ3n) is 4.11. The van der Waals surface area contributed by atoms with Gasteiger partial charge in [-0.25, -0.2) is 0 Å². The molecule has 1 N–H and O–H groups in total. The lowest BCUT2D eigenvalue weighted by Crippen LogP contribution is -2.48. The topological polar surface area (TPSA) is 20.2 Å². The van der Waals surface area contributed by atoms with Gasteiger partial charge in [-0.15, -0.1) is 0 Å². The van der Waals surface area contributed by atoms with Crippen LogP contribution in [0.15, 0.2) is 0 Å². The molecule has 1 fully saturated rings. The average Bonchev–Trinajstić information content (AvgIpc) is 1.77. The second-order valence-electron chi connectivity index (χ2n) is 6.95. The van der Waals surface area contributed by atoms with E-state index in [4.69, 9.17) is 0 Å². The van der Waals surface area contributed by atoms with Crippen LogP contribution in [0.2, 0.25) is 0 Å². The Morgan fingerprint density at radius 3 is 1.93 bits per heavy atom. The SMILES string of the molecule is CC1CC(C)(C(C)(C)CC(C)(C)O)C1. The van der Waals surface area contributed by atoms with Gasteiger partial charge in [0.15, 0.2) is 0 Å². The van der Waals surface area contributed by atoms with E-state index in [2.05, 4.69) is 27.7 Å². The van der Waals surface area contributed by atoms with Crippen molar-refractivity contribution in [2.24, 2.45) is 16.7 Å². The lowest BCUT2D eigenvalue weighted by Gasteiger charge is -2.56. The highest BCUT2D eigenvalue weighted by atomic mass is 16.3. The van der Waals surface area contributed by atoms with E-state index < -0.39 is 5.60 Å². The summed E-state index contributed by atoms with van der Waals surface area (Å²) in [7, 11) is 0. The monoisotopic (exact) mass is 198 g/mol. The van der Waals surface area contributed by atoms with Gasteiger partial charge in [-0.1, -0.05) is 27.7 Å². The zero-order valence-corrected chi connectivity index (χ0v) is 10.6. The van der Waals surface area contributed by atoms with E-state index in [0.29, 0.717) is 5.41 Å². The van der Waals surface area contributed by atoms with Crippen molar-refractivity contribution in [1.82, 2.24) is 0 Å². The third-order valence-corrected chi connectivity index (χ3v) is 4.11. The van der Waals surface area contributed by atoms with Crippen molar-refractivity contribution in [3.8, 4) is 0 Å². The molecule has 0 saturated heterocycles. The lowest BCUT2D eigenvalue weighted by atomic mass is 9.50. The largest absolute Gasteiger partial charge is 0.390 e. The van der Waals surface area contributed by atoms with Gasteiger partial charge in [0.1, 0.15) is 0 Å². The van der Waals surface area contributed by atoms with Gasteiger partial charge in [0, 0.05) is 0 Å². The molecule has 1 rings (SSSR count). The Hall–Kier alpha value is -0.0400. The third kappa shape index (κ3) is 2.31. The van der Waals surface area contributed by atoms with Gasteiger partial charge in [-0.05, 0) is 49.9 Å². The van der Waals surface area contributed by atoms with Gasteiger partial charge in [-0.3, -0.25) is 0 Å². The Morgan fingerprint density at radius 2 is 1.64 bits per heavy atom. The molecule has 0 bridgehead atoms. The van der Waals surface area contributed by atoms with Gasteiger partial charge in [-0.2, -0.15) is 0 Å². The summed E-state index contributed by atoms with van der Waals surface area (Å²) in [5.74, 6) is 0.876. The molecule has 1 saturated carbocycles. The van der Waals surface area contributed by atoms with Crippen molar-refractivity contribution in [2.45, 2.75) is 66.4 Å². The first-order valence-corrected chi connectivity index (χ1v) is 5.78. The molecule has 0 unspecified atom stereocenters. The van der Waals surface area contributed by atoms with Crippen molar-refractivity contribution in [2.75, 3.05) is 0 Å². The lowest BCUT2D eigenvalue weighted by molar-refractivity contribution is -0.0830. The standard InChI is InChI=1S/C13H26O/c1-10-7-13(6,8-10)11(2,3)9-12(4,5)14/h10,14H,7-9H2,1-6H3. The molecule has 0 amide bonds. The van der Waals surface area contributed by atoms with Gasteiger partial charge >= 0.3 is 0 Å². The molecule has 0 aromatic carbocycles. The first-order valence-electron chi connectivity index (χ1n) is 5.78. The van der Waals surface area contributed by atoms with Crippen molar-refractivity contribution in [3.63, 3.8) is 0 Å².